The Balaban J connectivity index is 1.49. The summed E-state index contributed by atoms with van der Waals surface area (Å²) in [6.07, 6.45) is 3.37. The summed E-state index contributed by atoms with van der Waals surface area (Å²) in [5.74, 6) is 0.375. The first-order chi connectivity index (χ1) is 13.7. The molecule has 0 spiro atoms. The topological polar surface area (TPSA) is 83.3 Å². The molecule has 0 fully saturated rings. The molecule has 0 radical (unpaired) electrons. The van der Waals surface area contributed by atoms with Gasteiger partial charge in [-0.1, -0.05) is 22.9 Å². The van der Waals surface area contributed by atoms with Crippen molar-refractivity contribution in [2.24, 2.45) is 0 Å². The first kappa shape index (κ1) is 16.3. The molecule has 3 aromatic heterocycles. The lowest BCUT2D eigenvalue weighted by atomic mass is 10.1. The van der Waals surface area contributed by atoms with Gasteiger partial charge in [0, 0.05) is 16.8 Å². The zero-order chi connectivity index (χ0) is 19.1. The minimum absolute atomic E-state index is 0.152. The van der Waals surface area contributed by atoms with Gasteiger partial charge in [-0.05, 0) is 37.3 Å². The van der Waals surface area contributed by atoms with Crippen LogP contribution in [0.5, 0.6) is 5.75 Å². The zero-order valence-corrected chi connectivity index (χ0v) is 15.0. The summed E-state index contributed by atoms with van der Waals surface area (Å²) in [5, 5.41) is 9.92. The third kappa shape index (κ3) is 2.83. The maximum Gasteiger partial charge on any atom is 0.336 e. The predicted molar refractivity (Wildman–Crippen MR) is 103 cm³/mol. The fourth-order valence-corrected chi connectivity index (χ4v) is 3.07. The Morgan fingerprint density at radius 3 is 2.71 bits per heavy atom. The zero-order valence-electron chi connectivity index (χ0n) is 15.0. The summed E-state index contributed by atoms with van der Waals surface area (Å²) in [6.45, 7) is 2.18. The molecule has 0 aliphatic carbocycles. The van der Waals surface area contributed by atoms with Gasteiger partial charge in [0.15, 0.2) is 11.2 Å². The monoisotopic (exact) mass is 373 g/mol. The highest BCUT2D eigenvalue weighted by Gasteiger charge is 2.15. The van der Waals surface area contributed by atoms with Crippen LogP contribution in [0, 0.1) is 6.92 Å². The van der Waals surface area contributed by atoms with E-state index in [0.29, 0.717) is 22.6 Å². The number of hydrogen-bond acceptors (Lipinski definition) is 6. The Kier molecular flexibility index (Phi) is 3.72. The third-order valence-electron chi connectivity index (χ3n) is 4.49. The van der Waals surface area contributed by atoms with E-state index in [1.165, 1.54) is 11.6 Å². The van der Waals surface area contributed by atoms with E-state index in [2.05, 4.69) is 10.3 Å². The van der Waals surface area contributed by atoms with Crippen molar-refractivity contribution >= 4 is 21.9 Å². The SMILES string of the molecule is Cc1ccc(-n2cc(COc3c4occc4cc4ccc(=O)oc34)nn2)cc1. The van der Waals surface area contributed by atoms with Crippen LogP contribution >= 0.6 is 0 Å². The van der Waals surface area contributed by atoms with Gasteiger partial charge in [-0.3, -0.25) is 0 Å². The van der Waals surface area contributed by atoms with Crippen LogP contribution < -0.4 is 10.4 Å². The van der Waals surface area contributed by atoms with Gasteiger partial charge in [-0.15, -0.1) is 5.10 Å². The Bertz CT molecular complexity index is 1350. The van der Waals surface area contributed by atoms with E-state index in [1.54, 1.807) is 23.2 Å². The Morgan fingerprint density at radius 2 is 1.86 bits per heavy atom. The number of ether oxygens (including phenoxy) is 1. The van der Waals surface area contributed by atoms with E-state index in [4.69, 9.17) is 13.6 Å². The summed E-state index contributed by atoms with van der Waals surface area (Å²) < 4.78 is 18.5. The van der Waals surface area contributed by atoms with Crippen molar-refractivity contribution in [3.63, 3.8) is 0 Å². The van der Waals surface area contributed by atoms with Crippen LogP contribution in [0.2, 0.25) is 0 Å². The number of benzene rings is 2. The van der Waals surface area contributed by atoms with Gasteiger partial charge >= 0.3 is 5.63 Å². The van der Waals surface area contributed by atoms with Crippen molar-refractivity contribution in [2.75, 3.05) is 0 Å². The summed E-state index contributed by atoms with van der Waals surface area (Å²) in [6, 6.07) is 14.8. The molecule has 0 aliphatic rings. The summed E-state index contributed by atoms with van der Waals surface area (Å²) in [5.41, 5.74) is 3.14. The number of rotatable bonds is 4. The molecule has 0 N–H and O–H groups in total. The van der Waals surface area contributed by atoms with E-state index in [9.17, 15) is 4.79 Å². The standard InChI is InChI=1S/C21H15N3O4/c1-13-2-5-17(6-3-13)24-11-16(22-23-24)12-27-21-19-15(8-9-26-19)10-14-4-7-18(25)28-20(14)21/h2-11H,12H2,1H3. The van der Waals surface area contributed by atoms with Crippen LogP contribution in [-0.4, -0.2) is 15.0 Å². The Hall–Kier alpha value is -3.87. The Morgan fingerprint density at radius 1 is 1.04 bits per heavy atom. The van der Waals surface area contributed by atoms with E-state index in [0.717, 1.165) is 16.5 Å². The average molecular weight is 373 g/mol. The molecule has 0 amide bonds. The van der Waals surface area contributed by atoms with E-state index < -0.39 is 5.63 Å². The molecule has 0 unspecified atom stereocenters. The molecule has 0 aliphatic heterocycles. The highest BCUT2D eigenvalue weighted by molar-refractivity contribution is 5.99. The molecule has 0 saturated carbocycles. The van der Waals surface area contributed by atoms with Crippen LogP contribution in [0.3, 0.4) is 0 Å². The summed E-state index contributed by atoms with van der Waals surface area (Å²) in [4.78, 5) is 11.7. The maximum atomic E-state index is 11.7. The van der Waals surface area contributed by atoms with Crippen molar-refractivity contribution in [1.82, 2.24) is 15.0 Å². The fraction of sp³-hybridized carbons (Fsp3) is 0.0952. The molecule has 2 aromatic carbocycles. The van der Waals surface area contributed by atoms with Crippen molar-refractivity contribution in [3.05, 3.63) is 82.7 Å². The quantitative estimate of drug-likeness (QED) is 0.443. The van der Waals surface area contributed by atoms with Crippen LogP contribution in [0.1, 0.15) is 11.3 Å². The average Bonchev–Trinajstić information content (AvgIpc) is 3.35. The van der Waals surface area contributed by atoms with E-state index >= 15 is 0 Å². The predicted octanol–water partition coefficient (Wildman–Crippen LogP) is 4.01. The molecule has 0 bridgehead atoms. The van der Waals surface area contributed by atoms with Crippen LogP contribution in [0.15, 0.2) is 74.6 Å². The number of hydrogen-bond donors (Lipinski definition) is 0. The Labute approximate surface area is 158 Å². The van der Waals surface area contributed by atoms with Crippen LogP contribution in [0.4, 0.5) is 0 Å². The lowest BCUT2D eigenvalue weighted by Gasteiger charge is -2.07. The van der Waals surface area contributed by atoms with Gasteiger partial charge < -0.3 is 13.6 Å². The molecule has 0 saturated heterocycles. The molecule has 5 rings (SSSR count). The minimum Gasteiger partial charge on any atom is -0.480 e. The number of aryl methyl sites for hydroxylation is 1. The van der Waals surface area contributed by atoms with E-state index in [-0.39, 0.29) is 6.61 Å². The van der Waals surface area contributed by atoms with Crippen molar-refractivity contribution in [2.45, 2.75) is 13.5 Å². The van der Waals surface area contributed by atoms with Gasteiger partial charge in [-0.2, -0.15) is 0 Å². The highest BCUT2D eigenvalue weighted by Crippen LogP contribution is 2.35. The molecule has 5 aromatic rings. The lowest BCUT2D eigenvalue weighted by Crippen LogP contribution is -2.00. The fourth-order valence-electron chi connectivity index (χ4n) is 3.07. The van der Waals surface area contributed by atoms with Gasteiger partial charge in [0.05, 0.1) is 18.1 Å². The minimum atomic E-state index is -0.450. The molecule has 3 heterocycles. The van der Waals surface area contributed by atoms with E-state index in [1.807, 2.05) is 43.3 Å². The maximum absolute atomic E-state index is 11.7. The normalized spacial score (nSPS) is 11.3. The molecular formula is C21H15N3O4. The second kappa shape index (κ2) is 6.38. The van der Waals surface area contributed by atoms with Crippen molar-refractivity contribution in [1.29, 1.82) is 0 Å². The van der Waals surface area contributed by atoms with Crippen LogP contribution in [0.25, 0.3) is 27.6 Å². The van der Waals surface area contributed by atoms with Gasteiger partial charge in [0.2, 0.25) is 5.75 Å². The smallest absolute Gasteiger partial charge is 0.336 e. The molecule has 28 heavy (non-hydrogen) atoms. The number of fused-ring (bicyclic) bond motifs is 2. The highest BCUT2D eigenvalue weighted by atomic mass is 16.5. The lowest BCUT2D eigenvalue weighted by molar-refractivity contribution is 0.298. The number of aromatic nitrogens is 3. The number of furan rings is 1. The second-order valence-corrected chi connectivity index (χ2v) is 6.50. The molecule has 138 valence electrons. The second-order valence-electron chi connectivity index (χ2n) is 6.50. The molecule has 7 nitrogen and oxygen atoms in total. The van der Waals surface area contributed by atoms with Gasteiger partial charge in [0.1, 0.15) is 12.3 Å². The summed E-state index contributed by atoms with van der Waals surface area (Å²) >= 11 is 0. The van der Waals surface area contributed by atoms with Crippen molar-refractivity contribution in [3.8, 4) is 11.4 Å². The largest absolute Gasteiger partial charge is 0.480 e. The molecule has 7 heteroatoms. The first-order valence-electron chi connectivity index (χ1n) is 8.72. The number of nitrogens with zero attached hydrogens (tertiary/aromatic N) is 3. The molecular weight excluding hydrogens is 358 g/mol. The third-order valence-corrected chi connectivity index (χ3v) is 4.49. The summed E-state index contributed by atoms with van der Waals surface area (Å²) in [7, 11) is 0. The first-order valence-corrected chi connectivity index (χ1v) is 8.72. The van der Waals surface area contributed by atoms with Gasteiger partial charge in [-0.25, -0.2) is 9.48 Å². The molecule has 0 atom stereocenters. The van der Waals surface area contributed by atoms with Gasteiger partial charge in [0.25, 0.3) is 0 Å². The van der Waals surface area contributed by atoms with Crippen LogP contribution in [-0.2, 0) is 6.61 Å². The van der Waals surface area contributed by atoms with Crippen molar-refractivity contribution < 1.29 is 13.6 Å².